The molecule has 28 heavy (non-hydrogen) atoms. The van der Waals surface area contributed by atoms with Crippen molar-refractivity contribution in [1.82, 2.24) is 0 Å². The highest BCUT2D eigenvalue weighted by Crippen LogP contribution is 2.38. The summed E-state index contributed by atoms with van der Waals surface area (Å²) in [7, 11) is 0. The van der Waals surface area contributed by atoms with E-state index in [2.05, 4.69) is 117 Å². The van der Waals surface area contributed by atoms with E-state index in [1.54, 1.807) is 0 Å². The molecule has 0 spiro atoms. The molecule has 0 nitrogen and oxygen atoms in total. The van der Waals surface area contributed by atoms with Crippen LogP contribution in [0.2, 0.25) is 0 Å². The maximum absolute atomic E-state index is 4.28. The van der Waals surface area contributed by atoms with Crippen LogP contribution >= 0.6 is 0 Å². The zero-order chi connectivity index (χ0) is 19.3. The Morgan fingerprint density at radius 1 is 0.571 bits per heavy atom. The second kappa shape index (κ2) is 8.27. The van der Waals surface area contributed by atoms with Gasteiger partial charge in [0, 0.05) is 0 Å². The molecule has 0 aliphatic heterocycles. The van der Waals surface area contributed by atoms with Crippen molar-refractivity contribution in [1.29, 1.82) is 0 Å². The van der Waals surface area contributed by atoms with Crippen molar-refractivity contribution in [2.24, 2.45) is 5.92 Å². The summed E-state index contributed by atoms with van der Waals surface area (Å²) in [5.74, 6) is 0.340. The van der Waals surface area contributed by atoms with Gasteiger partial charge in [0.2, 0.25) is 0 Å². The summed E-state index contributed by atoms with van der Waals surface area (Å²) in [6.07, 6.45) is 0.948. The van der Waals surface area contributed by atoms with Gasteiger partial charge in [-0.1, -0.05) is 105 Å². The van der Waals surface area contributed by atoms with Gasteiger partial charge in [0.1, 0.15) is 0 Å². The SMILES string of the molecule is [CH2]C(C)Cc1c(-c2ccccc2)cc(-c2ccccc2)cc1-c1ccccc1. The predicted octanol–water partition coefficient (Wildman–Crippen LogP) is 7.70. The highest BCUT2D eigenvalue weighted by Gasteiger charge is 2.16. The van der Waals surface area contributed by atoms with Gasteiger partial charge in [-0.3, -0.25) is 0 Å². The molecule has 0 aromatic heterocycles. The highest BCUT2D eigenvalue weighted by atomic mass is 14.2. The minimum atomic E-state index is 0.340. The van der Waals surface area contributed by atoms with Crippen LogP contribution in [0.15, 0.2) is 103 Å². The molecule has 0 N–H and O–H groups in total. The molecule has 4 rings (SSSR count). The number of benzene rings is 4. The van der Waals surface area contributed by atoms with Crippen LogP contribution in [0, 0.1) is 12.8 Å². The largest absolute Gasteiger partial charge is 0.0622 e. The summed E-state index contributed by atoms with van der Waals surface area (Å²) in [6.45, 7) is 6.47. The van der Waals surface area contributed by atoms with Gasteiger partial charge in [0.15, 0.2) is 0 Å². The lowest BCUT2D eigenvalue weighted by Crippen LogP contribution is -2.01. The molecule has 4 aromatic rings. The quantitative estimate of drug-likeness (QED) is 0.341. The molecule has 1 radical (unpaired) electrons. The Balaban J connectivity index is 2.02. The summed E-state index contributed by atoms with van der Waals surface area (Å²) in [5, 5.41) is 0. The van der Waals surface area contributed by atoms with Gasteiger partial charge in [-0.2, -0.15) is 0 Å². The van der Waals surface area contributed by atoms with Crippen molar-refractivity contribution in [3.63, 3.8) is 0 Å². The monoisotopic (exact) mass is 361 g/mol. The molecule has 0 heterocycles. The molecule has 0 heteroatoms. The fourth-order valence-electron chi connectivity index (χ4n) is 3.79. The third kappa shape index (κ3) is 3.92. The molecule has 0 aliphatic carbocycles. The molecule has 1 unspecified atom stereocenters. The molecule has 0 saturated carbocycles. The molecule has 0 amide bonds. The van der Waals surface area contributed by atoms with Crippen molar-refractivity contribution in [3.8, 4) is 33.4 Å². The first kappa shape index (κ1) is 18.3. The zero-order valence-electron chi connectivity index (χ0n) is 16.3. The van der Waals surface area contributed by atoms with Crippen LogP contribution in [0.4, 0.5) is 0 Å². The summed E-state index contributed by atoms with van der Waals surface area (Å²) in [6, 6.07) is 36.8. The maximum atomic E-state index is 4.28. The minimum absolute atomic E-state index is 0.340. The van der Waals surface area contributed by atoms with E-state index in [-0.39, 0.29) is 0 Å². The van der Waals surface area contributed by atoms with E-state index in [1.165, 1.54) is 38.9 Å². The molecule has 0 saturated heterocycles. The van der Waals surface area contributed by atoms with Gasteiger partial charge < -0.3 is 0 Å². The number of hydrogen-bond donors (Lipinski definition) is 0. The second-order valence-corrected chi connectivity index (χ2v) is 7.46. The summed E-state index contributed by atoms with van der Waals surface area (Å²) >= 11 is 0. The van der Waals surface area contributed by atoms with Crippen molar-refractivity contribution in [2.75, 3.05) is 0 Å². The van der Waals surface area contributed by atoms with Gasteiger partial charge >= 0.3 is 0 Å². The van der Waals surface area contributed by atoms with E-state index in [9.17, 15) is 0 Å². The van der Waals surface area contributed by atoms with E-state index >= 15 is 0 Å². The Labute approximate surface area is 168 Å². The Kier molecular flexibility index (Phi) is 5.39. The lowest BCUT2D eigenvalue weighted by Gasteiger charge is -2.20. The zero-order valence-corrected chi connectivity index (χ0v) is 16.3. The van der Waals surface area contributed by atoms with E-state index in [1.807, 2.05) is 0 Å². The lowest BCUT2D eigenvalue weighted by atomic mass is 9.84. The topological polar surface area (TPSA) is 0 Å². The first-order valence-electron chi connectivity index (χ1n) is 9.88. The first-order chi connectivity index (χ1) is 13.7. The van der Waals surface area contributed by atoms with E-state index in [4.69, 9.17) is 0 Å². The fraction of sp³-hybridized carbons (Fsp3) is 0.107. The average Bonchev–Trinajstić information content (AvgIpc) is 2.75. The van der Waals surface area contributed by atoms with Crippen LogP contribution in [-0.2, 0) is 6.42 Å². The van der Waals surface area contributed by atoms with Crippen LogP contribution in [0.1, 0.15) is 12.5 Å². The summed E-state index contributed by atoms with van der Waals surface area (Å²) in [5.41, 5.74) is 8.98. The maximum Gasteiger partial charge on any atom is -0.0139 e. The standard InChI is InChI=1S/C28H25/c1-21(2)18-28-26(23-14-8-4-9-15-23)19-25(22-12-6-3-7-13-22)20-27(28)24-16-10-5-11-17-24/h3-17,19-21H,1,18H2,2H3. The molecular formula is C28H25. The van der Waals surface area contributed by atoms with E-state index < -0.39 is 0 Å². The summed E-state index contributed by atoms with van der Waals surface area (Å²) in [4.78, 5) is 0. The lowest BCUT2D eigenvalue weighted by molar-refractivity contribution is 0.721. The van der Waals surface area contributed by atoms with E-state index in [0.29, 0.717) is 5.92 Å². The Hall–Kier alpha value is -3.12. The Morgan fingerprint density at radius 3 is 1.36 bits per heavy atom. The molecule has 4 aromatic carbocycles. The number of rotatable bonds is 5. The van der Waals surface area contributed by atoms with Crippen LogP contribution in [0.25, 0.3) is 33.4 Å². The highest BCUT2D eigenvalue weighted by molar-refractivity contribution is 5.85. The van der Waals surface area contributed by atoms with Gasteiger partial charge in [-0.25, -0.2) is 0 Å². The molecule has 137 valence electrons. The van der Waals surface area contributed by atoms with Crippen molar-refractivity contribution in [2.45, 2.75) is 13.3 Å². The van der Waals surface area contributed by atoms with Crippen molar-refractivity contribution >= 4 is 0 Å². The van der Waals surface area contributed by atoms with Gasteiger partial charge in [-0.05, 0) is 63.4 Å². The average molecular weight is 362 g/mol. The smallest absolute Gasteiger partial charge is 0.0139 e. The minimum Gasteiger partial charge on any atom is -0.0622 e. The van der Waals surface area contributed by atoms with Crippen LogP contribution in [-0.4, -0.2) is 0 Å². The van der Waals surface area contributed by atoms with Gasteiger partial charge in [-0.15, -0.1) is 0 Å². The van der Waals surface area contributed by atoms with Gasteiger partial charge in [0.05, 0.1) is 0 Å². The molecular weight excluding hydrogens is 336 g/mol. The normalized spacial score (nSPS) is 11.0. The fourth-order valence-corrected chi connectivity index (χ4v) is 3.79. The van der Waals surface area contributed by atoms with Crippen molar-refractivity contribution < 1.29 is 0 Å². The van der Waals surface area contributed by atoms with Crippen LogP contribution in [0.3, 0.4) is 0 Å². The van der Waals surface area contributed by atoms with Crippen LogP contribution in [0.5, 0.6) is 0 Å². The third-order valence-electron chi connectivity index (χ3n) is 5.08. The van der Waals surface area contributed by atoms with E-state index in [0.717, 1.165) is 6.42 Å². The molecule has 0 bridgehead atoms. The van der Waals surface area contributed by atoms with Crippen LogP contribution < -0.4 is 0 Å². The number of hydrogen-bond acceptors (Lipinski definition) is 0. The van der Waals surface area contributed by atoms with Gasteiger partial charge in [0.25, 0.3) is 0 Å². The predicted molar refractivity (Wildman–Crippen MR) is 121 cm³/mol. The third-order valence-corrected chi connectivity index (χ3v) is 5.08. The molecule has 1 atom stereocenters. The van der Waals surface area contributed by atoms with Crippen molar-refractivity contribution in [3.05, 3.63) is 116 Å². The Bertz CT molecular complexity index is 969. The summed E-state index contributed by atoms with van der Waals surface area (Å²) < 4.78 is 0. The Morgan fingerprint density at radius 2 is 0.964 bits per heavy atom. The molecule has 0 fully saturated rings. The second-order valence-electron chi connectivity index (χ2n) is 7.46. The first-order valence-corrected chi connectivity index (χ1v) is 9.88. The molecule has 0 aliphatic rings.